The molecule has 0 aliphatic rings. The van der Waals surface area contributed by atoms with E-state index in [2.05, 4.69) is 5.43 Å². The molecule has 0 rings (SSSR count). The molecule has 32 valence electrons. The first-order valence-electron chi connectivity index (χ1n) is 1.17. The zero-order valence-electron chi connectivity index (χ0n) is 2.77. The van der Waals surface area contributed by atoms with Crippen LogP contribution in [-0.4, -0.2) is 5.88 Å². The molecule has 0 saturated carbocycles. The molecule has 0 aromatic rings. The van der Waals surface area contributed by atoms with Crippen LogP contribution in [0.1, 0.15) is 0 Å². The zero-order valence-corrected chi connectivity index (χ0v) is 3.59. The van der Waals surface area contributed by atoms with Gasteiger partial charge in [-0.15, -0.1) is 0 Å². The minimum Gasteiger partial charge on any atom is -0.277 e. The third kappa shape index (κ3) is 4.23. The number of hydrogen-bond donors (Lipinski definition) is 3. The van der Waals surface area contributed by atoms with Gasteiger partial charge >= 0.3 is 0 Å². The lowest BCUT2D eigenvalue weighted by Gasteiger charge is -1.85. The van der Waals surface area contributed by atoms with E-state index >= 15 is 0 Å². The average molecular weight is 93.2 g/mol. The third-order valence-electron chi connectivity index (χ3n) is 0.167. The Morgan fingerprint density at radius 2 is 2.40 bits per heavy atom. The highest BCUT2D eigenvalue weighted by Crippen LogP contribution is 1.71. The third-order valence-corrected chi connectivity index (χ3v) is 0.500. The minimum absolute atomic E-state index is 0.611. The second-order valence-corrected chi connectivity index (χ2v) is 1.14. The summed E-state index contributed by atoms with van der Waals surface area (Å²) in [6.07, 6.45) is 0. The lowest BCUT2D eigenvalue weighted by molar-refractivity contribution is 0.872. The molecule has 5 heavy (non-hydrogen) atoms. The Labute approximate surface area is 35.2 Å². The molecule has 3 nitrogen and oxygen atoms in total. The first kappa shape index (κ1) is 5.23. The summed E-state index contributed by atoms with van der Waals surface area (Å²) in [6.45, 7) is 0. The summed E-state index contributed by atoms with van der Waals surface area (Å²) < 4.78 is 0. The van der Waals surface area contributed by atoms with E-state index in [9.17, 15) is 0 Å². The van der Waals surface area contributed by atoms with Crippen molar-refractivity contribution in [3.63, 3.8) is 0 Å². The Morgan fingerprint density at radius 1 is 1.80 bits per heavy atom. The molecule has 0 aliphatic heterocycles. The van der Waals surface area contributed by atoms with Crippen molar-refractivity contribution in [3.8, 4) is 0 Å². The molecule has 4 heteroatoms. The van der Waals surface area contributed by atoms with Crippen LogP contribution in [0.5, 0.6) is 0 Å². The number of hydrazine groups is 1. The Bertz CT molecular complexity index is 14.4. The van der Waals surface area contributed by atoms with Gasteiger partial charge in [0.15, 0.2) is 0 Å². The smallest absolute Gasteiger partial charge is 0.0697 e. The van der Waals surface area contributed by atoms with Gasteiger partial charge in [-0.2, -0.15) is 0 Å². The molecule has 0 unspecified atom stereocenters. The van der Waals surface area contributed by atoms with Crippen molar-refractivity contribution in [1.29, 1.82) is 0 Å². The molecule has 0 aromatic carbocycles. The fourth-order valence-corrected chi connectivity index (χ4v) is 0.144. The molecule has 0 spiro atoms. The largest absolute Gasteiger partial charge is 0.277 e. The van der Waals surface area contributed by atoms with Gasteiger partial charge < -0.3 is 0 Å². The molecular weight excluding hydrogens is 86.1 g/mol. The maximum atomic E-state index is 4.91. The molecule has 0 aromatic heterocycles. The van der Waals surface area contributed by atoms with Crippen LogP contribution >= 0.6 is 11.9 Å². The average Bonchev–Trinajstić information content (AvgIpc) is 1.41. The highest BCUT2D eigenvalue weighted by molar-refractivity contribution is 7.97. The maximum absolute atomic E-state index is 4.91. The van der Waals surface area contributed by atoms with E-state index in [1.54, 1.807) is 0 Å². The monoisotopic (exact) mass is 93.0 g/mol. The van der Waals surface area contributed by atoms with E-state index in [0.717, 1.165) is 0 Å². The molecule has 5 N–H and O–H groups in total. The van der Waals surface area contributed by atoms with E-state index in [1.807, 2.05) is 0 Å². The van der Waals surface area contributed by atoms with Gasteiger partial charge in [0.25, 0.3) is 0 Å². The second-order valence-electron chi connectivity index (χ2n) is 0.515. The lowest BCUT2D eigenvalue weighted by Crippen LogP contribution is -2.21. The van der Waals surface area contributed by atoms with Gasteiger partial charge in [0.1, 0.15) is 0 Å². The van der Waals surface area contributed by atoms with Gasteiger partial charge in [-0.3, -0.25) is 11.0 Å². The van der Waals surface area contributed by atoms with Gasteiger partial charge in [-0.05, 0) is 0 Å². The molecule has 0 atom stereocenters. The molecule has 0 fully saturated rings. The predicted molar refractivity (Wildman–Crippen MR) is 24.0 cm³/mol. The summed E-state index contributed by atoms with van der Waals surface area (Å²) in [5.41, 5.74) is 2.36. The topological polar surface area (TPSA) is 64.1 Å². The molecule has 0 aliphatic carbocycles. The summed E-state index contributed by atoms with van der Waals surface area (Å²) in [7, 11) is 0. The fraction of sp³-hybridized carbons (Fsp3) is 1.00. The Kier molecular flexibility index (Phi) is 4.42. The van der Waals surface area contributed by atoms with E-state index < -0.39 is 0 Å². The SMILES string of the molecule is NNCSN. The number of rotatable bonds is 2. The normalized spacial score (nSPS) is 8.40. The van der Waals surface area contributed by atoms with Gasteiger partial charge in [-0.25, -0.2) is 5.43 Å². The minimum atomic E-state index is 0.611. The van der Waals surface area contributed by atoms with Crippen molar-refractivity contribution < 1.29 is 0 Å². The van der Waals surface area contributed by atoms with Crippen LogP contribution in [0.25, 0.3) is 0 Å². The van der Waals surface area contributed by atoms with Crippen LogP contribution in [0, 0.1) is 0 Å². The summed E-state index contributed by atoms with van der Waals surface area (Å²) in [5, 5.41) is 4.91. The molecule has 0 bridgehead atoms. The van der Waals surface area contributed by atoms with Crippen LogP contribution < -0.4 is 16.4 Å². The molecule has 0 amide bonds. The molecule has 0 heterocycles. The summed E-state index contributed by atoms with van der Waals surface area (Å²) in [5.74, 6) is 5.40. The fourth-order valence-electron chi connectivity index (χ4n) is 0.0481. The van der Waals surface area contributed by atoms with E-state index in [4.69, 9.17) is 11.0 Å². The summed E-state index contributed by atoms with van der Waals surface area (Å²) in [4.78, 5) is 0. The highest BCUT2D eigenvalue weighted by Gasteiger charge is 1.64. The van der Waals surface area contributed by atoms with Crippen LogP contribution in [0.15, 0.2) is 0 Å². The lowest BCUT2D eigenvalue weighted by atomic mass is 11.5. The second kappa shape index (κ2) is 4.23. The van der Waals surface area contributed by atoms with Crippen LogP contribution in [0.4, 0.5) is 0 Å². The number of nitrogens with one attached hydrogen (secondary N) is 1. The first-order valence-corrected chi connectivity index (χ1v) is 2.22. The van der Waals surface area contributed by atoms with Gasteiger partial charge in [0.05, 0.1) is 5.88 Å². The van der Waals surface area contributed by atoms with Crippen LogP contribution in [0.2, 0.25) is 0 Å². The van der Waals surface area contributed by atoms with E-state index in [-0.39, 0.29) is 0 Å². The summed E-state index contributed by atoms with van der Waals surface area (Å²) in [6, 6.07) is 0. The first-order chi connectivity index (χ1) is 2.41. The van der Waals surface area contributed by atoms with Crippen molar-refractivity contribution in [1.82, 2.24) is 5.43 Å². The van der Waals surface area contributed by atoms with Gasteiger partial charge in [-0.1, -0.05) is 11.9 Å². The van der Waals surface area contributed by atoms with Crippen LogP contribution in [-0.2, 0) is 0 Å². The van der Waals surface area contributed by atoms with Crippen molar-refractivity contribution in [2.24, 2.45) is 11.0 Å². The van der Waals surface area contributed by atoms with Crippen molar-refractivity contribution >= 4 is 11.9 Å². The maximum Gasteiger partial charge on any atom is 0.0697 e. The number of hydrogen-bond acceptors (Lipinski definition) is 4. The quantitative estimate of drug-likeness (QED) is 0.177. The van der Waals surface area contributed by atoms with Gasteiger partial charge in [0.2, 0.25) is 0 Å². The molecule has 0 radical (unpaired) electrons. The zero-order chi connectivity index (χ0) is 4.12. The predicted octanol–water partition coefficient (Wildman–Crippen LogP) is -0.986. The van der Waals surface area contributed by atoms with Gasteiger partial charge in [0, 0.05) is 0 Å². The Balaban J connectivity index is 2.19. The highest BCUT2D eigenvalue weighted by atomic mass is 32.2. The van der Waals surface area contributed by atoms with E-state index in [1.165, 1.54) is 11.9 Å². The van der Waals surface area contributed by atoms with Crippen LogP contribution in [0.3, 0.4) is 0 Å². The van der Waals surface area contributed by atoms with Crippen molar-refractivity contribution in [2.75, 3.05) is 5.88 Å². The summed E-state index contributed by atoms with van der Waals surface area (Å²) >= 11 is 1.17. The molecular formula is CH7N3S. The standard InChI is InChI=1S/CH7N3S/c2-4-1-5-3/h4H,1-3H2. The Hall–Kier alpha value is 0.230. The molecule has 0 saturated heterocycles. The van der Waals surface area contributed by atoms with E-state index in [0.29, 0.717) is 5.88 Å². The van der Waals surface area contributed by atoms with Crippen molar-refractivity contribution in [3.05, 3.63) is 0 Å². The number of nitrogens with two attached hydrogens (primary N) is 2. The Morgan fingerprint density at radius 3 is 2.40 bits per heavy atom. The van der Waals surface area contributed by atoms with Crippen molar-refractivity contribution in [2.45, 2.75) is 0 Å².